The lowest BCUT2D eigenvalue weighted by atomic mass is 10.1. The van der Waals surface area contributed by atoms with Crippen LogP contribution >= 0.6 is 47.2 Å². The Labute approximate surface area is 146 Å². The predicted molar refractivity (Wildman–Crippen MR) is 96.0 cm³/mol. The number of aromatic nitrogens is 1. The summed E-state index contributed by atoms with van der Waals surface area (Å²) in [6.45, 7) is 0. The smallest absolute Gasteiger partial charge is 0.263 e. The van der Waals surface area contributed by atoms with Gasteiger partial charge in [0.05, 0.1) is 26.3 Å². The van der Waals surface area contributed by atoms with Crippen molar-refractivity contribution in [3.63, 3.8) is 0 Å². The van der Waals surface area contributed by atoms with Gasteiger partial charge in [0.15, 0.2) is 0 Å². The fourth-order valence-corrected chi connectivity index (χ4v) is 3.23. The van der Waals surface area contributed by atoms with E-state index in [9.17, 15) is 4.79 Å². The quantitative estimate of drug-likeness (QED) is 0.625. The minimum absolute atomic E-state index is 0.197. The van der Waals surface area contributed by atoms with Crippen LogP contribution in [0.1, 0.15) is 5.69 Å². The number of hydrogen-bond acceptors (Lipinski definition) is 4. The van der Waals surface area contributed by atoms with Crippen molar-refractivity contribution in [3.8, 4) is 11.3 Å². The van der Waals surface area contributed by atoms with Crippen molar-refractivity contribution >= 4 is 63.5 Å². The molecule has 1 aliphatic rings. The summed E-state index contributed by atoms with van der Waals surface area (Å²) in [6, 6.07) is 10.9. The van der Waals surface area contributed by atoms with Crippen LogP contribution in [-0.2, 0) is 4.79 Å². The molecule has 3 nitrogen and oxygen atoms in total. The van der Waals surface area contributed by atoms with E-state index >= 15 is 0 Å². The molecule has 7 heteroatoms. The molecule has 0 bridgehead atoms. The van der Waals surface area contributed by atoms with E-state index in [0.29, 0.717) is 25.0 Å². The Morgan fingerprint density at radius 2 is 2.00 bits per heavy atom. The van der Waals surface area contributed by atoms with Crippen LogP contribution in [0.2, 0.25) is 10.0 Å². The average Bonchev–Trinajstić information content (AvgIpc) is 2.80. The molecule has 3 rings (SSSR count). The average molecular weight is 367 g/mol. The van der Waals surface area contributed by atoms with E-state index in [1.807, 2.05) is 24.3 Å². The van der Waals surface area contributed by atoms with Crippen molar-refractivity contribution in [2.24, 2.45) is 0 Å². The highest BCUT2D eigenvalue weighted by Gasteiger charge is 2.22. The van der Waals surface area contributed by atoms with E-state index < -0.39 is 0 Å². The van der Waals surface area contributed by atoms with E-state index in [1.165, 1.54) is 11.8 Å². The highest BCUT2D eigenvalue weighted by Crippen LogP contribution is 2.29. The van der Waals surface area contributed by atoms with Crippen molar-refractivity contribution in [1.82, 2.24) is 10.3 Å². The van der Waals surface area contributed by atoms with Gasteiger partial charge < -0.3 is 5.32 Å². The molecule has 0 spiro atoms. The monoisotopic (exact) mass is 366 g/mol. The number of pyridine rings is 1. The molecule has 110 valence electrons. The molecule has 22 heavy (non-hydrogen) atoms. The number of halogens is 2. The first-order chi connectivity index (χ1) is 10.5. The zero-order valence-electron chi connectivity index (χ0n) is 11.0. The molecular formula is C15H8Cl2N2OS2. The van der Waals surface area contributed by atoms with Gasteiger partial charge in [-0.15, -0.1) is 0 Å². The number of rotatable bonds is 2. The van der Waals surface area contributed by atoms with Crippen LogP contribution < -0.4 is 5.32 Å². The summed E-state index contributed by atoms with van der Waals surface area (Å²) in [6.07, 6.45) is 1.71. The van der Waals surface area contributed by atoms with Crippen molar-refractivity contribution in [2.45, 2.75) is 0 Å². The molecule has 1 saturated heterocycles. The molecule has 0 saturated carbocycles. The van der Waals surface area contributed by atoms with E-state index in [1.54, 1.807) is 18.2 Å². The lowest BCUT2D eigenvalue weighted by molar-refractivity contribution is -0.115. The van der Waals surface area contributed by atoms with Crippen molar-refractivity contribution in [1.29, 1.82) is 0 Å². The number of carbonyl (C=O) groups excluding carboxylic acids is 1. The molecule has 1 aliphatic heterocycles. The van der Waals surface area contributed by atoms with Gasteiger partial charge >= 0.3 is 0 Å². The van der Waals surface area contributed by atoms with Gasteiger partial charge in [0, 0.05) is 5.56 Å². The van der Waals surface area contributed by atoms with Gasteiger partial charge in [0.1, 0.15) is 4.32 Å². The molecule has 2 aromatic rings. The minimum Gasteiger partial charge on any atom is -0.307 e. The van der Waals surface area contributed by atoms with E-state index in [4.69, 9.17) is 35.4 Å². The Kier molecular flexibility index (Phi) is 4.49. The van der Waals surface area contributed by atoms with Gasteiger partial charge in [-0.1, -0.05) is 59.3 Å². The van der Waals surface area contributed by atoms with Crippen molar-refractivity contribution < 1.29 is 4.79 Å². The maximum Gasteiger partial charge on any atom is 0.263 e. The summed E-state index contributed by atoms with van der Waals surface area (Å²) >= 11 is 18.1. The maximum atomic E-state index is 11.7. The third-order valence-electron chi connectivity index (χ3n) is 2.91. The summed E-state index contributed by atoms with van der Waals surface area (Å²) in [5.74, 6) is -0.197. The molecule has 2 heterocycles. The first-order valence-corrected chi connectivity index (χ1v) is 8.18. The largest absolute Gasteiger partial charge is 0.307 e. The van der Waals surface area contributed by atoms with Gasteiger partial charge in [-0.05, 0) is 30.3 Å². The van der Waals surface area contributed by atoms with Crippen LogP contribution in [0, 0.1) is 0 Å². The molecule has 0 unspecified atom stereocenters. The lowest BCUT2D eigenvalue weighted by Crippen LogP contribution is -2.17. The third kappa shape index (κ3) is 3.33. The number of nitrogens with one attached hydrogen (secondary N) is 1. The Hall–Kier alpha value is -1.40. The van der Waals surface area contributed by atoms with Crippen molar-refractivity contribution in [2.75, 3.05) is 0 Å². The topological polar surface area (TPSA) is 42.0 Å². The summed E-state index contributed by atoms with van der Waals surface area (Å²) in [4.78, 5) is 16.7. The number of thiocarbonyl (C=S) groups is 1. The Morgan fingerprint density at radius 1 is 1.18 bits per heavy atom. The molecule has 1 fully saturated rings. The van der Waals surface area contributed by atoms with E-state index in [2.05, 4.69) is 10.3 Å². The van der Waals surface area contributed by atoms with E-state index in [0.717, 1.165) is 11.3 Å². The van der Waals surface area contributed by atoms with Crippen molar-refractivity contribution in [3.05, 3.63) is 57.0 Å². The Balaban J connectivity index is 1.96. The maximum absolute atomic E-state index is 11.7. The zero-order valence-corrected chi connectivity index (χ0v) is 14.1. The number of carbonyl (C=O) groups is 1. The van der Waals surface area contributed by atoms with Crippen LogP contribution in [0.25, 0.3) is 17.3 Å². The Morgan fingerprint density at radius 3 is 2.68 bits per heavy atom. The van der Waals surface area contributed by atoms with Crippen LogP contribution in [0.3, 0.4) is 0 Å². The molecule has 0 aliphatic carbocycles. The highest BCUT2D eigenvalue weighted by atomic mass is 35.5. The minimum atomic E-state index is -0.197. The predicted octanol–water partition coefficient (Wildman–Crippen LogP) is 4.54. The highest BCUT2D eigenvalue weighted by molar-refractivity contribution is 8.26. The normalized spacial score (nSPS) is 16.2. The number of benzene rings is 1. The first-order valence-electron chi connectivity index (χ1n) is 6.20. The van der Waals surface area contributed by atoms with Crippen LogP contribution in [-0.4, -0.2) is 15.2 Å². The molecule has 1 aromatic heterocycles. The number of amides is 1. The summed E-state index contributed by atoms with van der Waals surface area (Å²) < 4.78 is 0.455. The van der Waals surface area contributed by atoms with Gasteiger partial charge in [-0.25, -0.2) is 4.98 Å². The number of hydrogen-bond donors (Lipinski definition) is 1. The number of thioether (sulfide) groups is 1. The second kappa shape index (κ2) is 6.38. The van der Waals surface area contributed by atoms with Gasteiger partial charge in [0.25, 0.3) is 5.91 Å². The van der Waals surface area contributed by atoms with E-state index in [-0.39, 0.29) is 5.91 Å². The molecule has 1 amide bonds. The van der Waals surface area contributed by atoms with Gasteiger partial charge in [-0.2, -0.15) is 0 Å². The molecular weight excluding hydrogens is 359 g/mol. The van der Waals surface area contributed by atoms with Gasteiger partial charge in [-0.3, -0.25) is 4.79 Å². The standard InChI is InChI=1S/C15H8Cl2N2OS2/c16-10-5-4-8(6-11(10)17)12-3-1-2-9(18-12)7-13-14(20)19-15(21)22-13/h1-7H,(H,19,20,21). The zero-order chi connectivity index (χ0) is 15.7. The molecule has 0 radical (unpaired) electrons. The fraction of sp³-hybridized carbons (Fsp3) is 0. The molecule has 1 aromatic carbocycles. The third-order valence-corrected chi connectivity index (χ3v) is 4.81. The van der Waals surface area contributed by atoms with Crippen LogP contribution in [0.15, 0.2) is 41.3 Å². The SMILES string of the molecule is O=C1NC(=S)SC1=Cc1cccc(-c2ccc(Cl)c(Cl)c2)n1. The second-order valence-electron chi connectivity index (χ2n) is 4.43. The first kappa shape index (κ1) is 15.5. The summed E-state index contributed by atoms with van der Waals surface area (Å²) in [5, 5.41) is 3.54. The van der Waals surface area contributed by atoms with Gasteiger partial charge in [0.2, 0.25) is 0 Å². The van der Waals surface area contributed by atoms with Crippen LogP contribution in [0.4, 0.5) is 0 Å². The molecule has 1 N–H and O–H groups in total. The molecule has 0 atom stereocenters. The lowest BCUT2D eigenvalue weighted by Gasteiger charge is -2.04. The Bertz CT molecular complexity index is 821. The fourth-order valence-electron chi connectivity index (χ4n) is 1.90. The summed E-state index contributed by atoms with van der Waals surface area (Å²) in [5.41, 5.74) is 2.28. The number of nitrogens with zero attached hydrogens (tertiary/aromatic N) is 1. The second-order valence-corrected chi connectivity index (χ2v) is 6.96. The van der Waals surface area contributed by atoms with Crippen LogP contribution in [0.5, 0.6) is 0 Å². The summed E-state index contributed by atoms with van der Waals surface area (Å²) in [7, 11) is 0.